The number of hydrogen-bond acceptors (Lipinski definition) is 8. The van der Waals surface area contributed by atoms with E-state index >= 15 is 0 Å². The van der Waals surface area contributed by atoms with E-state index in [-0.39, 0.29) is 22.3 Å². The summed E-state index contributed by atoms with van der Waals surface area (Å²) in [7, 11) is 0. The quantitative estimate of drug-likeness (QED) is 0.370. The zero-order chi connectivity index (χ0) is 16.9. The van der Waals surface area contributed by atoms with Gasteiger partial charge in [-0.1, -0.05) is 0 Å². The van der Waals surface area contributed by atoms with Gasteiger partial charge < -0.3 is 35.1 Å². The van der Waals surface area contributed by atoms with E-state index in [4.69, 9.17) is 4.42 Å². The Kier molecular flexibility index (Phi) is 2.96. The van der Waals surface area contributed by atoms with Crippen molar-refractivity contribution in [1.29, 1.82) is 0 Å². The standard InChI is InChI=1S/C15H10O8/c16-6-3-7(17)11-10(4-6)23-15(14(22)13(11)21)5-1-8(18)12(20)9(19)2-5/h1-4,16-20,22H/i3+1,4+1,6+1,7+1,10+1,11+1. The lowest BCUT2D eigenvalue weighted by molar-refractivity contribution is 0.368. The molecule has 1 aromatic heterocycles. The number of phenolic OH excluding ortho intramolecular Hbond substituents is 5. The number of fused-ring (bicyclic) bond motifs is 1. The second kappa shape index (κ2) is 4.73. The molecule has 0 aliphatic heterocycles. The highest BCUT2D eigenvalue weighted by Gasteiger charge is 2.20. The predicted molar refractivity (Wildman–Crippen MR) is 77.9 cm³/mol. The van der Waals surface area contributed by atoms with Gasteiger partial charge in [0.1, 0.15) is 22.5 Å². The van der Waals surface area contributed by atoms with Gasteiger partial charge in [0.25, 0.3) is 0 Å². The average Bonchev–Trinajstić information content (AvgIpc) is 2.47. The van der Waals surface area contributed by atoms with Gasteiger partial charge in [0.15, 0.2) is 23.0 Å². The summed E-state index contributed by atoms with van der Waals surface area (Å²) in [6.45, 7) is 0. The van der Waals surface area contributed by atoms with Gasteiger partial charge in [-0.15, -0.1) is 0 Å². The molecular formula is C15H10O8. The molecule has 23 heavy (non-hydrogen) atoms. The summed E-state index contributed by atoms with van der Waals surface area (Å²) in [5.41, 5.74) is -1.28. The molecule has 0 aliphatic carbocycles. The van der Waals surface area contributed by atoms with Gasteiger partial charge in [-0.2, -0.15) is 0 Å². The Morgan fingerprint density at radius 3 is 1.96 bits per heavy atom. The van der Waals surface area contributed by atoms with E-state index in [1.54, 1.807) is 0 Å². The summed E-state index contributed by atoms with van der Waals surface area (Å²) in [4.78, 5) is 12.2. The summed E-state index contributed by atoms with van der Waals surface area (Å²) in [5, 5.41) is 57.2. The molecule has 1 heterocycles. The largest absolute Gasteiger partial charge is 0.508 e. The maximum Gasteiger partial charge on any atom is 0.238 e. The molecule has 8 heteroatoms. The number of phenols is 5. The Bertz CT molecular complexity index is 980. The molecule has 0 aliphatic rings. The van der Waals surface area contributed by atoms with Gasteiger partial charge in [-0.3, -0.25) is 4.79 Å². The number of rotatable bonds is 1. The van der Waals surface area contributed by atoms with Crippen LogP contribution in [-0.4, -0.2) is 30.6 Å². The summed E-state index contributed by atoms with van der Waals surface area (Å²) < 4.78 is 5.30. The topological polar surface area (TPSA) is 152 Å². The van der Waals surface area contributed by atoms with Gasteiger partial charge in [-0.05, 0) is 12.1 Å². The lowest BCUT2D eigenvalue weighted by Gasteiger charge is -2.09. The predicted octanol–water partition coefficient (Wildman–Crippen LogP) is 1.69. The van der Waals surface area contributed by atoms with E-state index in [2.05, 4.69) is 0 Å². The van der Waals surface area contributed by atoms with Crippen LogP contribution in [-0.2, 0) is 0 Å². The van der Waals surface area contributed by atoms with Crippen molar-refractivity contribution in [3.05, 3.63) is 34.5 Å². The van der Waals surface area contributed by atoms with Crippen molar-refractivity contribution in [2.45, 2.75) is 0 Å². The van der Waals surface area contributed by atoms with Crippen LogP contribution < -0.4 is 5.43 Å². The van der Waals surface area contributed by atoms with Crippen LogP contribution in [0.4, 0.5) is 0 Å². The minimum Gasteiger partial charge on any atom is -0.508 e. The second-order valence-corrected chi connectivity index (χ2v) is 4.81. The van der Waals surface area contributed by atoms with Crippen molar-refractivity contribution in [1.82, 2.24) is 0 Å². The molecule has 0 atom stereocenters. The molecule has 0 bridgehead atoms. The van der Waals surface area contributed by atoms with Crippen LogP contribution in [0.5, 0.6) is 34.5 Å². The average molecular weight is 324 g/mol. The maximum absolute atomic E-state index is 12.2. The van der Waals surface area contributed by atoms with Crippen molar-refractivity contribution in [2.24, 2.45) is 0 Å². The third-order valence-electron chi connectivity index (χ3n) is 3.27. The Hall–Kier alpha value is -3.55. The summed E-state index contributed by atoms with van der Waals surface area (Å²) >= 11 is 0. The molecule has 3 rings (SSSR count). The van der Waals surface area contributed by atoms with Crippen molar-refractivity contribution >= 4 is 11.0 Å². The van der Waals surface area contributed by atoms with Crippen LogP contribution in [0.3, 0.4) is 0 Å². The van der Waals surface area contributed by atoms with Crippen LogP contribution in [0.15, 0.2) is 33.5 Å². The molecule has 0 unspecified atom stereocenters. The summed E-state index contributed by atoms with van der Waals surface area (Å²) in [6.07, 6.45) is 0. The highest BCUT2D eigenvalue weighted by molar-refractivity contribution is 5.88. The fraction of sp³-hybridized carbons (Fsp3) is 0. The monoisotopic (exact) mass is 324 g/mol. The molecule has 3 aromatic rings. The highest BCUT2D eigenvalue weighted by Crippen LogP contribution is 2.42. The fourth-order valence-electron chi connectivity index (χ4n) is 2.21. The fourth-order valence-corrected chi connectivity index (χ4v) is 2.21. The number of aromatic hydroxyl groups is 6. The van der Waals surface area contributed by atoms with E-state index in [1.165, 1.54) is 0 Å². The Morgan fingerprint density at radius 2 is 1.35 bits per heavy atom. The van der Waals surface area contributed by atoms with E-state index in [0.717, 1.165) is 24.3 Å². The first-order chi connectivity index (χ1) is 10.8. The lowest BCUT2D eigenvalue weighted by Crippen LogP contribution is -2.03. The molecule has 0 saturated heterocycles. The SMILES string of the molecule is O=c1c(O)c(-c2cc(O)c(O)c(O)c2)o[13c]2[13cH][13c](O)[13cH][13c](O)[13c]12. The molecule has 0 saturated carbocycles. The van der Waals surface area contributed by atoms with E-state index in [0.29, 0.717) is 0 Å². The summed E-state index contributed by atoms with van der Waals surface area (Å²) in [6, 6.07) is 3.89. The molecule has 0 radical (unpaired) electrons. The van der Waals surface area contributed by atoms with Gasteiger partial charge >= 0.3 is 0 Å². The molecule has 2 aromatic carbocycles. The van der Waals surface area contributed by atoms with Crippen molar-refractivity contribution in [3.8, 4) is 45.8 Å². The van der Waals surface area contributed by atoms with Crippen LogP contribution >= 0.6 is 0 Å². The van der Waals surface area contributed by atoms with Gasteiger partial charge in [0.2, 0.25) is 11.2 Å². The minimum absolute atomic E-state index is 0.0999. The van der Waals surface area contributed by atoms with Crippen LogP contribution in [0.2, 0.25) is 0 Å². The summed E-state index contributed by atoms with van der Waals surface area (Å²) in [5.74, 6) is -4.40. The minimum atomic E-state index is -0.967. The van der Waals surface area contributed by atoms with E-state index in [1.807, 2.05) is 0 Å². The van der Waals surface area contributed by atoms with Crippen molar-refractivity contribution < 1.29 is 35.1 Å². The van der Waals surface area contributed by atoms with E-state index in [9.17, 15) is 35.4 Å². The van der Waals surface area contributed by atoms with Crippen LogP contribution in [0.1, 0.15) is 0 Å². The normalized spacial score (nSPS) is 11.0. The maximum atomic E-state index is 12.2. The van der Waals surface area contributed by atoms with E-state index < -0.39 is 39.9 Å². The molecule has 6 N–H and O–H groups in total. The third kappa shape index (κ3) is 2.13. The Morgan fingerprint density at radius 1 is 0.739 bits per heavy atom. The zero-order valence-electron chi connectivity index (χ0n) is 11.3. The van der Waals surface area contributed by atoms with Crippen molar-refractivity contribution in [3.63, 3.8) is 0 Å². The highest BCUT2D eigenvalue weighted by atomic mass is 16.4. The Labute approximate surface area is 127 Å². The Balaban J connectivity index is 2.40. The van der Waals surface area contributed by atoms with Gasteiger partial charge in [0.05, 0.1) is 0 Å². The third-order valence-corrected chi connectivity index (χ3v) is 3.27. The molecule has 118 valence electrons. The lowest BCUT2D eigenvalue weighted by atomic mass is 10.1. The van der Waals surface area contributed by atoms with Gasteiger partial charge in [0, 0.05) is 17.7 Å². The molecule has 0 amide bonds. The first-order valence-corrected chi connectivity index (χ1v) is 6.26. The van der Waals surface area contributed by atoms with Crippen molar-refractivity contribution in [2.75, 3.05) is 0 Å². The second-order valence-electron chi connectivity index (χ2n) is 4.81. The van der Waals surface area contributed by atoms with Gasteiger partial charge in [-0.25, -0.2) is 0 Å². The molecule has 8 nitrogen and oxygen atoms in total. The van der Waals surface area contributed by atoms with Crippen LogP contribution in [0, 0.1) is 0 Å². The first kappa shape index (κ1) is 14.4. The first-order valence-electron chi connectivity index (χ1n) is 6.26. The number of hydrogen-bond donors (Lipinski definition) is 6. The number of benzene rings is 2. The van der Waals surface area contributed by atoms with Crippen LogP contribution in [0.25, 0.3) is 22.3 Å². The molecule has 0 fully saturated rings. The zero-order valence-corrected chi connectivity index (χ0v) is 11.3. The molecule has 0 spiro atoms. The molecular weight excluding hydrogens is 314 g/mol. The smallest absolute Gasteiger partial charge is 0.238 e.